The van der Waals surface area contributed by atoms with Crippen LogP contribution in [0, 0.1) is 0 Å². The van der Waals surface area contributed by atoms with E-state index in [2.05, 4.69) is 55.9 Å². The van der Waals surface area contributed by atoms with Crippen LogP contribution in [0.15, 0.2) is 53.5 Å². The molecule has 0 bridgehead atoms. The molecule has 1 aliphatic heterocycles. The van der Waals surface area contributed by atoms with Gasteiger partial charge in [-0.3, -0.25) is 4.99 Å². The number of H-pyrrole nitrogens is 1. The highest BCUT2D eigenvalue weighted by Crippen LogP contribution is 2.46. The Labute approximate surface area is 200 Å². The first kappa shape index (κ1) is 21.9. The van der Waals surface area contributed by atoms with Crippen LogP contribution in [0.4, 0.5) is 0 Å². The van der Waals surface area contributed by atoms with Gasteiger partial charge in [0.1, 0.15) is 17.2 Å². The number of aromatic amines is 1. The van der Waals surface area contributed by atoms with Gasteiger partial charge in [-0.2, -0.15) is 0 Å². The SMILES string of the molecule is CN=C(NCCc1nc2ccccc2[nH]1)NC1CC2(CCCC2)Oc2ccccc21.I. The van der Waals surface area contributed by atoms with Crippen LogP contribution in [0.25, 0.3) is 11.0 Å². The van der Waals surface area contributed by atoms with E-state index in [4.69, 9.17) is 4.74 Å². The van der Waals surface area contributed by atoms with Crippen molar-refractivity contribution in [3.63, 3.8) is 0 Å². The number of fused-ring (bicyclic) bond motifs is 2. The summed E-state index contributed by atoms with van der Waals surface area (Å²) in [6.45, 7) is 0.759. The van der Waals surface area contributed by atoms with Crippen LogP contribution in [-0.2, 0) is 6.42 Å². The molecule has 1 atom stereocenters. The molecule has 5 rings (SSSR count). The number of guanidine groups is 1. The van der Waals surface area contributed by atoms with Crippen molar-refractivity contribution < 1.29 is 4.74 Å². The Morgan fingerprint density at radius 2 is 1.94 bits per heavy atom. The van der Waals surface area contributed by atoms with E-state index in [1.54, 1.807) is 0 Å². The Bertz CT molecular complexity index is 1020. The molecule has 3 N–H and O–H groups in total. The second-order valence-electron chi connectivity index (χ2n) is 8.38. The summed E-state index contributed by atoms with van der Waals surface area (Å²) in [4.78, 5) is 12.5. The highest BCUT2D eigenvalue weighted by molar-refractivity contribution is 14.0. The largest absolute Gasteiger partial charge is 0.487 e. The van der Waals surface area contributed by atoms with Crippen LogP contribution >= 0.6 is 24.0 Å². The maximum Gasteiger partial charge on any atom is 0.191 e. The number of rotatable bonds is 4. The Balaban J connectivity index is 0.00000231. The van der Waals surface area contributed by atoms with Crippen LogP contribution < -0.4 is 15.4 Å². The number of nitrogens with zero attached hydrogens (tertiary/aromatic N) is 2. The van der Waals surface area contributed by atoms with Gasteiger partial charge in [-0.05, 0) is 43.9 Å². The van der Waals surface area contributed by atoms with E-state index in [1.807, 2.05) is 25.2 Å². The van der Waals surface area contributed by atoms with Crippen molar-refractivity contribution in [1.29, 1.82) is 0 Å². The number of para-hydroxylation sites is 3. The van der Waals surface area contributed by atoms with Crippen molar-refractivity contribution in [1.82, 2.24) is 20.6 Å². The summed E-state index contributed by atoms with van der Waals surface area (Å²) < 4.78 is 6.48. The van der Waals surface area contributed by atoms with Crippen LogP contribution in [0.2, 0.25) is 0 Å². The predicted molar refractivity (Wildman–Crippen MR) is 135 cm³/mol. The molecule has 1 unspecified atom stereocenters. The Hall–Kier alpha value is -2.29. The zero-order chi connectivity index (χ0) is 20.4. The summed E-state index contributed by atoms with van der Waals surface area (Å²) in [5.74, 6) is 2.82. The fourth-order valence-corrected chi connectivity index (χ4v) is 4.86. The van der Waals surface area contributed by atoms with Gasteiger partial charge in [-0.1, -0.05) is 30.3 Å². The van der Waals surface area contributed by atoms with Crippen LogP contribution in [-0.4, -0.2) is 35.1 Å². The molecule has 164 valence electrons. The zero-order valence-electron chi connectivity index (χ0n) is 17.9. The Morgan fingerprint density at radius 3 is 2.74 bits per heavy atom. The van der Waals surface area contributed by atoms with Crippen molar-refractivity contribution in [2.45, 2.75) is 50.2 Å². The number of halogens is 1. The Morgan fingerprint density at radius 1 is 1.16 bits per heavy atom. The molecule has 1 aromatic heterocycles. The van der Waals surface area contributed by atoms with Gasteiger partial charge in [-0.25, -0.2) is 4.98 Å². The third-order valence-electron chi connectivity index (χ3n) is 6.34. The number of benzene rings is 2. The topological polar surface area (TPSA) is 74.3 Å². The minimum Gasteiger partial charge on any atom is -0.487 e. The number of aliphatic imine (C=N–C) groups is 1. The minimum absolute atomic E-state index is 0. The summed E-state index contributed by atoms with van der Waals surface area (Å²) in [6, 6.07) is 16.7. The van der Waals surface area contributed by atoms with E-state index in [1.165, 1.54) is 18.4 Å². The molecule has 1 aliphatic carbocycles. The van der Waals surface area contributed by atoms with Gasteiger partial charge < -0.3 is 20.4 Å². The van der Waals surface area contributed by atoms with E-state index in [9.17, 15) is 0 Å². The van der Waals surface area contributed by atoms with E-state index < -0.39 is 0 Å². The summed E-state index contributed by atoms with van der Waals surface area (Å²) in [7, 11) is 1.83. The molecule has 7 heteroatoms. The second kappa shape index (κ2) is 9.46. The number of imidazole rings is 1. The maximum atomic E-state index is 6.48. The minimum atomic E-state index is -0.0286. The zero-order valence-corrected chi connectivity index (χ0v) is 20.2. The van der Waals surface area contributed by atoms with Gasteiger partial charge in [0, 0.05) is 32.0 Å². The number of hydrogen-bond donors (Lipinski definition) is 3. The molecule has 6 nitrogen and oxygen atoms in total. The van der Waals surface area contributed by atoms with Crippen LogP contribution in [0.3, 0.4) is 0 Å². The third-order valence-corrected chi connectivity index (χ3v) is 6.34. The van der Waals surface area contributed by atoms with E-state index in [0.29, 0.717) is 0 Å². The van der Waals surface area contributed by atoms with E-state index in [0.717, 1.165) is 60.8 Å². The standard InChI is InChI=1S/C24H29N5O.HI/c1-25-23(26-15-12-22-27-18-9-3-4-10-19(18)28-22)29-20-16-24(13-6-7-14-24)30-21-11-5-2-8-17(20)21;/h2-5,8-11,20H,6-7,12-16H2,1H3,(H,27,28)(H2,25,26,29);1H. The maximum absolute atomic E-state index is 6.48. The molecule has 1 saturated carbocycles. The number of aromatic nitrogens is 2. The number of nitrogens with one attached hydrogen (secondary N) is 3. The predicted octanol–water partition coefficient (Wildman–Crippen LogP) is 4.73. The van der Waals surface area contributed by atoms with Crippen molar-refractivity contribution in [2.75, 3.05) is 13.6 Å². The van der Waals surface area contributed by atoms with Crippen molar-refractivity contribution in [3.8, 4) is 5.75 Å². The molecule has 31 heavy (non-hydrogen) atoms. The first-order chi connectivity index (χ1) is 14.7. The molecule has 0 amide bonds. The quantitative estimate of drug-likeness (QED) is 0.259. The fraction of sp³-hybridized carbons (Fsp3) is 0.417. The fourth-order valence-electron chi connectivity index (χ4n) is 4.86. The number of hydrogen-bond acceptors (Lipinski definition) is 3. The normalized spacial score (nSPS) is 19.5. The average Bonchev–Trinajstić information content (AvgIpc) is 3.39. The highest BCUT2D eigenvalue weighted by atomic mass is 127. The molecule has 1 spiro atoms. The van der Waals surface area contributed by atoms with Crippen molar-refractivity contribution in [3.05, 3.63) is 59.9 Å². The lowest BCUT2D eigenvalue weighted by Gasteiger charge is -2.40. The number of ether oxygens (including phenoxy) is 1. The van der Waals surface area contributed by atoms with Crippen LogP contribution in [0.1, 0.15) is 49.5 Å². The van der Waals surface area contributed by atoms with Gasteiger partial charge in [0.15, 0.2) is 5.96 Å². The lowest BCUT2D eigenvalue weighted by atomic mass is 9.86. The molecule has 3 aromatic rings. The second-order valence-corrected chi connectivity index (χ2v) is 8.38. The molecule has 2 aromatic carbocycles. The van der Waals surface area contributed by atoms with Gasteiger partial charge in [-0.15, -0.1) is 24.0 Å². The summed E-state index contributed by atoms with van der Waals surface area (Å²) in [5, 5.41) is 7.11. The Kier molecular flexibility index (Phi) is 6.69. The molecule has 2 aliphatic rings. The smallest absolute Gasteiger partial charge is 0.191 e. The average molecular weight is 531 g/mol. The van der Waals surface area contributed by atoms with Crippen molar-refractivity contribution >= 4 is 41.0 Å². The van der Waals surface area contributed by atoms with E-state index >= 15 is 0 Å². The molecule has 1 fully saturated rings. The summed E-state index contributed by atoms with van der Waals surface area (Å²) in [5.41, 5.74) is 3.28. The monoisotopic (exact) mass is 531 g/mol. The van der Waals surface area contributed by atoms with Gasteiger partial charge in [0.05, 0.1) is 17.1 Å². The molecule has 0 radical (unpaired) electrons. The molecular formula is C24H30IN5O. The highest BCUT2D eigenvalue weighted by Gasteiger charge is 2.43. The summed E-state index contributed by atoms with van der Waals surface area (Å²) >= 11 is 0. The van der Waals surface area contributed by atoms with Crippen LogP contribution in [0.5, 0.6) is 5.75 Å². The molecule has 0 saturated heterocycles. The molecule has 2 heterocycles. The summed E-state index contributed by atoms with van der Waals surface area (Å²) in [6.07, 6.45) is 6.56. The third kappa shape index (κ3) is 4.66. The van der Waals surface area contributed by atoms with Gasteiger partial charge in [0.2, 0.25) is 0 Å². The first-order valence-electron chi connectivity index (χ1n) is 10.9. The lowest BCUT2D eigenvalue weighted by molar-refractivity contribution is 0.0396. The lowest BCUT2D eigenvalue weighted by Crippen LogP contribution is -2.47. The van der Waals surface area contributed by atoms with Crippen molar-refractivity contribution in [2.24, 2.45) is 4.99 Å². The first-order valence-corrected chi connectivity index (χ1v) is 10.9. The van der Waals surface area contributed by atoms with Gasteiger partial charge in [0.25, 0.3) is 0 Å². The van der Waals surface area contributed by atoms with E-state index in [-0.39, 0.29) is 35.6 Å². The molecular weight excluding hydrogens is 501 g/mol. The van der Waals surface area contributed by atoms with Gasteiger partial charge >= 0.3 is 0 Å².